The van der Waals surface area contributed by atoms with Crippen molar-refractivity contribution in [3.63, 3.8) is 0 Å². The van der Waals surface area contributed by atoms with Gasteiger partial charge in [-0.15, -0.1) is 5.10 Å². The summed E-state index contributed by atoms with van der Waals surface area (Å²) < 4.78 is 8.46. The van der Waals surface area contributed by atoms with Crippen LogP contribution in [-0.4, -0.2) is 45.6 Å². The second-order valence-electron chi connectivity index (χ2n) is 3.61. The summed E-state index contributed by atoms with van der Waals surface area (Å²) in [4.78, 5) is 25.3. The van der Waals surface area contributed by atoms with Crippen molar-refractivity contribution in [1.82, 2.24) is 14.5 Å². The number of nitrogens with zero attached hydrogens (tertiary/aromatic N) is 3. The van der Waals surface area contributed by atoms with E-state index in [1.54, 1.807) is 6.92 Å². The SMILES string of the molecule is CCOC(=O)CN(C(=O)c1cnns1)C(C)C. The first-order chi connectivity index (χ1) is 8.06. The number of hydrogen-bond acceptors (Lipinski definition) is 6. The molecule has 7 heteroatoms. The Hall–Kier alpha value is -1.50. The summed E-state index contributed by atoms with van der Waals surface area (Å²) in [5, 5.41) is 3.61. The summed E-state index contributed by atoms with van der Waals surface area (Å²) >= 11 is 1.01. The van der Waals surface area contributed by atoms with Crippen LogP contribution in [0.5, 0.6) is 0 Å². The molecule has 1 rings (SSSR count). The lowest BCUT2D eigenvalue weighted by molar-refractivity contribution is -0.144. The third kappa shape index (κ3) is 3.77. The van der Waals surface area contributed by atoms with E-state index in [-0.39, 0.29) is 18.5 Å². The number of carbonyl (C=O) groups excluding carboxylic acids is 2. The minimum atomic E-state index is -0.410. The molecule has 0 unspecified atom stereocenters. The van der Waals surface area contributed by atoms with E-state index < -0.39 is 5.97 Å². The Labute approximate surface area is 104 Å². The van der Waals surface area contributed by atoms with Gasteiger partial charge in [0.05, 0.1) is 12.8 Å². The molecule has 1 heterocycles. The standard InChI is InChI=1S/C10H15N3O3S/c1-4-16-9(14)6-13(7(2)3)10(15)8-5-11-12-17-8/h5,7H,4,6H2,1-3H3. The Kier molecular flexibility index (Phi) is 5.02. The molecule has 0 saturated heterocycles. The zero-order valence-electron chi connectivity index (χ0n) is 10.0. The van der Waals surface area contributed by atoms with E-state index >= 15 is 0 Å². The van der Waals surface area contributed by atoms with Crippen LogP contribution in [0.25, 0.3) is 0 Å². The van der Waals surface area contributed by atoms with Gasteiger partial charge in [-0.2, -0.15) is 0 Å². The Bertz CT molecular complexity index is 378. The highest BCUT2D eigenvalue weighted by atomic mass is 32.1. The Balaban J connectivity index is 2.73. The van der Waals surface area contributed by atoms with Gasteiger partial charge >= 0.3 is 5.97 Å². The van der Waals surface area contributed by atoms with Gasteiger partial charge in [-0.1, -0.05) is 4.49 Å². The molecule has 0 radical (unpaired) electrons. The number of rotatable bonds is 5. The Morgan fingerprint density at radius 1 is 1.53 bits per heavy atom. The molecule has 0 atom stereocenters. The first-order valence-corrected chi connectivity index (χ1v) is 6.07. The van der Waals surface area contributed by atoms with Crippen molar-refractivity contribution in [3.8, 4) is 0 Å². The molecule has 0 aliphatic heterocycles. The number of carbonyl (C=O) groups is 2. The fourth-order valence-corrected chi connectivity index (χ4v) is 1.71. The molecule has 0 aliphatic carbocycles. The molecule has 0 N–H and O–H groups in total. The molecule has 1 aromatic heterocycles. The van der Waals surface area contributed by atoms with Crippen molar-refractivity contribution in [3.05, 3.63) is 11.1 Å². The van der Waals surface area contributed by atoms with E-state index in [4.69, 9.17) is 4.74 Å². The second kappa shape index (κ2) is 6.29. The van der Waals surface area contributed by atoms with Crippen molar-refractivity contribution < 1.29 is 14.3 Å². The molecule has 17 heavy (non-hydrogen) atoms. The maximum absolute atomic E-state index is 12.0. The number of hydrogen-bond donors (Lipinski definition) is 0. The van der Waals surface area contributed by atoms with Gasteiger partial charge in [0, 0.05) is 6.04 Å². The summed E-state index contributed by atoms with van der Waals surface area (Å²) in [5.74, 6) is -0.657. The van der Waals surface area contributed by atoms with Crippen LogP contribution in [-0.2, 0) is 9.53 Å². The van der Waals surface area contributed by atoms with Crippen molar-refractivity contribution >= 4 is 23.4 Å². The third-order valence-corrected chi connectivity index (χ3v) is 2.71. The highest BCUT2D eigenvalue weighted by molar-refractivity contribution is 7.07. The van der Waals surface area contributed by atoms with Crippen LogP contribution in [0.2, 0.25) is 0 Å². The number of amides is 1. The van der Waals surface area contributed by atoms with Crippen LogP contribution in [0.1, 0.15) is 30.4 Å². The summed E-state index contributed by atoms with van der Waals surface area (Å²) in [5.41, 5.74) is 0. The molecule has 0 bridgehead atoms. The normalized spacial score (nSPS) is 10.4. The van der Waals surface area contributed by atoms with Gasteiger partial charge in [-0.25, -0.2) is 0 Å². The minimum absolute atomic E-state index is 0.0533. The van der Waals surface area contributed by atoms with Crippen LogP contribution >= 0.6 is 11.5 Å². The molecular formula is C10H15N3O3S. The monoisotopic (exact) mass is 257 g/mol. The summed E-state index contributed by atoms with van der Waals surface area (Å²) in [6, 6.07) is -0.0889. The summed E-state index contributed by atoms with van der Waals surface area (Å²) in [6.45, 7) is 5.66. The fourth-order valence-electron chi connectivity index (χ4n) is 1.24. The first kappa shape index (κ1) is 13.6. The van der Waals surface area contributed by atoms with Crippen molar-refractivity contribution in [2.24, 2.45) is 0 Å². The quantitative estimate of drug-likeness (QED) is 0.734. The average Bonchev–Trinajstić information content (AvgIpc) is 2.78. The predicted molar refractivity (Wildman–Crippen MR) is 62.7 cm³/mol. The van der Waals surface area contributed by atoms with Gasteiger partial charge in [0.2, 0.25) is 0 Å². The second-order valence-corrected chi connectivity index (χ2v) is 4.40. The molecular weight excluding hydrogens is 242 g/mol. The van der Waals surface area contributed by atoms with Gasteiger partial charge in [-0.05, 0) is 32.3 Å². The average molecular weight is 257 g/mol. The van der Waals surface area contributed by atoms with Crippen molar-refractivity contribution in [2.75, 3.05) is 13.2 Å². The van der Waals surface area contributed by atoms with Crippen LogP contribution in [0.4, 0.5) is 0 Å². The molecule has 0 fully saturated rings. The lowest BCUT2D eigenvalue weighted by Crippen LogP contribution is -2.41. The van der Waals surface area contributed by atoms with Crippen molar-refractivity contribution in [1.29, 1.82) is 0 Å². The maximum Gasteiger partial charge on any atom is 0.325 e. The van der Waals surface area contributed by atoms with Gasteiger partial charge in [0.15, 0.2) is 0 Å². The zero-order chi connectivity index (χ0) is 12.8. The number of esters is 1. The molecule has 0 spiro atoms. The van der Waals surface area contributed by atoms with E-state index in [1.165, 1.54) is 11.1 Å². The van der Waals surface area contributed by atoms with E-state index in [0.29, 0.717) is 11.5 Å². The van der Waals surface area contributed by atoms with Crippen LogP contribution in [0, 0.1) is 0 Å². The van der Waals surface area contributed by atoms with Gasteiger partial charge in [0.25, 0.3) is 5.91 Å². The van der Waals surface area contributed by atoms with Crippen LogP contribution in [0.15, 0.2) is 6.20 Å². The van der Waals surface area contributed by atoms with Crippen molar-refractivity contribution in [2.45, 2.75) is 26.8 Å². The number of ether oxygens (including phenoxy) is 1. The zero-order valence-corrected chi connectivity index (χ0v) is 10.9. The minimum Gasteiger partial charge on any atom is -0.465 e. The molecule has 0 aliphatic rings. The molecule has 6 nitrogen and oxygen atoms in total. The Morgan fingerprint density at radius 3 is 2.71 bits per heavy atom. The third-order valence-electron chi connectivity index (χ3n) is 2.06. The van der Waals surface area contributed by atoms with Gasteiger partial charge in [-0.3, -0.25) is 9.59 Å². The van der Waals surface area contributed by atoms with E-state index in [1.807, 2.05) is 13.8 Å². The Morgan fingerprint density at radius 2 is 2.24 bits per heavy atom. The van der Waals surface area contributed by atoms with E-state index in [0.717, 1.165) is 11.5 Å². The number of aromatic nitrogens is 2. The molecule has 1 aromatic rings. The van der Waals surface area contributed by atoms with Crippen LogP contribution < -0.4 is 0 Å². The molecule has 1 amide bonds. The van der Waals surface area contributed by atoms with E-state index in [2.05, 4.69) is 9.59 Å². The highest BCUT2D eigenvalue weighted by Gasteiger charge is 2.23. The molecule has 0 saturated carbocycles. The first-order valence-electron chi connectivity index (χ1n) is 5.30. The molecule has 0 aromatic carbocycles. The smallest absolute Gasteiger partial charge is 0.325 e. The van der Waals surface area contributed by atoms with Gasteiger partial charge in [0.1, 0.15) is 11.4 Å². The van der Waals surface area contributed by atoms with Crippen LogP contribution in [0.3, 0.4) is 0 Å². The van der Waals surface area contributed by atoms with E-state index in [9.17, 15) is 9.59 Å². The molecule has 94 valence electrons. The largest absolute Gasteiger partial charge is 0.465 e. The topological polar surface area (TPSA) is 72.4 Å². The fraction of sp³-hybridized carbons (Fsp3) is 0.600. The van der Waals surface area contributed by atoms with Gasteiger partial charge < -0.3 is 9.64 Å². The predicted octanol–water partition coefficient (Wildman–Crippen LogP) is 0.952. The summed E-state index contributed by atoms with van der Waals surface area (Å²) in [6.07, 6.45) is 1.40. The lowest BCUT2D eigenvalue weighted by atomic mass is 10.3. The maximum atomic E-state index is 12.0. The lowest BCUT2D eigenvalue weighted by Gasteiger charge is -2.24. The highest BCUT2D eigenvalue weighted by Crippen LogP contribution is 2.10. The summed E-state index contributed by atoms with van der Waals surface area (Å²) in [7, 11) is 0.